The van der Waals surface area contributed by atoms with E-state index in [4.69, 9.17) is 9.47 Å². The van der Waals surface area contributed by atoms with Crippen molar-refractivity contribution >= 4 is 12.1 Å². The highest BCUT2D eigenvalue weighted by atomic mass is 16.5. The van der Waals surface area contributed by atoms with Crippen LogP contribution in [0.3, 0.4) is 0 Å². The molecule has 1 amide bonds. The number of hydrogen-bond donors (Lipinski definition) is 2. The number of hydrogen-bond acceptors (Lipinski definition) is 4. The highest BCUT2D eigenvalue weighted by Gasteiger charge is 2.46. The Hall–Kier alpha value is -2.50. The second-order valence-electron chi connectivity index (χ2n) is 4.32. The molecule has 20 heavy (non-hydrogen) atoms. The number of carboxylic acids is 1. The Balaban J connectivity index is 2.34. The van der Waals surface area contributed by atoms with Gasteiger partial charge in [-0.15, -0.1) is 0 Å². The van der Waals surface area contributed by atoms with Gasteiger partial charge in [-0.25, -0.2) is 9.59 Å². The van der Waals surface area contributed by atoms with Gasteiger partial charge in [-0.1, -0.05) is 30.9 Å². The van der Waals surface area contributed by atoms with Crippen molar-refractivity contribution in [2.75, 3.05) is 13.2 Å². The maximum atomic E-state index is 11.7. The summed E-state index contributed by atoms with van der Waals surface area (Å²) in [7, 11) is 0. The summed E-state index contributed by atoms with van der Waals surface area (Å²) < 4.78 is 10.2. The number of rotatable bonds is 4. The minimum absolute atomic E-state index is 0.0136. The lowest BCUT2D eigenvalue weighted by atomic mass is 9.84. The Kier molecular flexibility index (Phi) is 3.93. The zero-order valence-corrected chi connectivity index (χ0v) is 10.8. The quantitative estimate of drug-likeness (QED) is 0.818. The van der Waals surface area contributed by atoms with Crippen molar-refractivity contribution in [1.29, 1.82) is 0 Å². The standard InChI is InChI=1S/C14H15NO5/c1-2-8-20-13(18)15-14(12(16)17)7-9-19-11-6-4-3-5-10(11)14/h2-6H,1,7-9H2,(H,15,18)(H,16,17). The number of ether oxygens (including phenoxy) is 2. The van der Waals surface area contributed by atoms with Crippen LogP contribution in [0.1, 0.15) is 12.0 Å². The average molecular weight is 277 g/mol. The molecule has 0 aliphatic carbocycles. The number of benzene rings is 1. The molecule has 1 aromatic carbocycles. The van der Waals surface area contributed by atoms with E-state index >= 15 is 0 Å². The molecule has 1 atom stereocenters. The maximum absolute atomic E-state index is 11.7. The van der Waals surface area contributed by atoms with Gasteiger partial charge >= 0.3 is 12.1 Å². The number of nitrogens with one attached hydrogen (secondary N) is 1. The van der Waals surface area contributed by atoms with Gasteiger partial charge in [0, 0.05) is 12.0 Å². The van der Waals surface area contributed by atoms with E-state index in [2.05, 4.69) is 11.9 Å². The van der Waals surface area contributed by atoms with Gasteiger partial charge < -0.3 is 19.9 Å². The zero-order chi connectivity index (χ0) is 14.6. The van der Waals surface area contributed by atoms with Crippen LogP contribution >= 0.6 is 0 Å². The predicted molar refractivity (Wildman–Crippen MR) is 70.5 cm³/mol. The topological polar surface area (TPSA) is 84.9 Å². The van der Waals surface area contributed by atoms with Crippen LogP contribution in [0.25, 0.3) is 0 Å². The van der Waals surface area contributed by atoms with E-state index in [0.29, 0.717) is 11.3 Å². The normalized spacial score (nSPS) is 20.2. The summed E-state index contributed by atoms with van der Waals surface area (Å²) in [6, 6.07) is 6.73. The summed E-state index contributed by atoms with van der Waals surface area (Å²) in [5.74, 6) is -0.700. The Morgan fingerprint density at radius 2 is 2.25 bits per heavy atom. The van der Waals surface area contributed by atoms with Crippen LogP contribution in [0.15, 0.2) is 36.9 Å². The molecule has 2 N–H and O–H groups in total. The van der Waals surface area contributed by atoms with Gasteiger partial charge in [0.1, 0.15) is 12.4 Å². The lowest BCUT2D eigenvalue weighted by Gasteiger charge is -2.35. The van der Waals surface area contributed by atoms with E-state index in [-0.39, 0.29) is 19.6 Å². The van der Waals surface area contributed by atoms with Gasteiger partial charge in [0.05, 0.1) is 6.61 Å². The van der Waals surface area contributed by atoms with Crippen molar-refractivity contribution < 1.29 is 24.2 Å². The summed E-state index contributed by atoms with van der Waals surface area (Å²) >= 11 is 0. The molecular weight excluding hydrogens is 262 g/mol. The van der Waals surface area contributed by atoms with E-state index in [0.717, 1.165) is 0 Å². The zero-order valence-electron chi connectivity index (χ0n) is 10.8. The van der Waals surface area contributed by atoms with Crippen LogP contribution in [0, 0.1) is 0 Å². The van der Waals surface area contributed by atoms with Gasteiger partial charge in [-0.3, -0.25) is 0 Å². The lowest BCUT2D eigenvalue weighted by molar-refractivity contribution is -0.146. The van der Waals surface area contributed by atoms with Crippen LogP contribution in [-0.4, -0.2) is 30.4 Å². The SMILES string of the molecule is C=CCOC(=O)NC1(C(=O)O)CCOc2ccccc21. The first-order valence-corrected chi connectivity index (χ1v) is 6.11. The fourth-order valence-electron chi connectivity index (χ4n) is 2.14. The summed E-state index contributed by atoms with van der Waals surface area (Å²) in [4.78, 5) is 23.4. The first-order valence-electron chi connectivity index (χ1n) is 6.11. The van der Waals surface area contributed by atoms with Gasteiger partial charge in [0.15, 0.2) is 5.54 Å². The summed E-state index contributed by atoms with van der Waals surface area (Å²) in [5, 5.41) is 12.0. The molecular formula is C14H15NO5. The van der Waals surface area contributed by atoms with Crippen molar-refractivity contribution in [1.82, 2.24) is 5.32 Å². The molecule has 2 rings (SSSR count). The number of para-hydroxylation sites is 1. The number of carboxylic acid groups (broad SMARTS) is 1. The van der Waals surface area contributed by atoms with E-state index in [1.807, 2.05) is 0 Å². The Morgan fingerprint density at radius 1 is 1.50 bits per heavy atom. The van der Waals surface area contributed by atoms with Crippen LogP contribution in [0.2, 0.25) is 0 Å². The molecule has 1 heterocycles. The van der Waals surface area contributed by atoms with Crippen molar-refractivity contribution in [3.05, 3.63) is 42.5 Å². The van der Waals surface area contributed by atoms with E-state index < -0.39 is 17.6 Å². The molecule has 0 fully saturated rings. The minimum atomic E-state index is -1.53. The second kappa shape index (κ2) is 5.64. The predicted octanol–water partition coefficient (Wildman–Crippen LogP) is 1.66. The number of fused-ring (bicyclic) bond motifs is 1. The summed E-state index contributed by atoms with van der Waals surface area (Å²) in [5.41, 5.74) is -1.12. The van der Waals surface area contributed by atoms with Crippen LogP contribution < -0.4 is 10.1 Å². The molecule has 0 saturated heterocycles. The van der Waals surface area contributed by atoms with E-state index in [1.54, 1.807) is 24.3 Å². The number of aliphatic carboxylic acids is 1. The van der Waals surface area contributed by atoms with E-state index in [9.17, 15) is 14.7 Å². The fourth-order valence-corrected chi connectivity index (χ4v) is 2.14. The van der Waals surface area contributed by atoms with Gasteiger partial charge in [-0.05, 0) is 6.07 Å². The second-order valence-corrected chi connectivity index (χ2v) is 4.32. The first-order chi connectivity index (χ1) is 9.60. The molecule has 1 unspecified atom stereocenters. The number of amides is 1. The Morgan fingerprint density at radius 3 is 2.95 bits per heavy atom. The van der Waals surface area contributed by atoms with Gasteiger partial charge in [-0.2, -0.15) is 0 Å². The van der Waals surface area contributed by atoms with Crippen molar-refractivity contribution in [3.63, 3.8) is 0 Å². The fraction of sp³-hybridized carbons (Fsp3) is 0.286. The van der Waals surface area contributed by atoms with E-state index in [1.165, 1.54) is 6.08 Å². The van der Waals surface area contributed by atoms with Crippen LogP contribution in [0.5, 0.6) is 5.75 Å². The third-order valence-corrected chi connectivity index (χ3v) is 3.09. The van der Waals surface area contributed by atoms with Crippen molar-refractivity contribution in [2.24, 2.45) is 0 Å². The molecule has 1 aromatic rings. The molecule has 1 aliphatic heterocycles. The highest BCUT2D eigenvalue weighted by molar-refractivity contribution is 5.87. The van der Waals surface area contributed by atoms with Crippen molar-refractivity contribution in [2.45, 2.75) is 12.0 Å². The summed E-state index contributed by atoms with van der Waals surface area (Å²) in [6.07, 6.45) is 0.733. The highest BCUT2D eigenvalue weighted by Crippen LogP contribution is 2.37. The van der Waals surface area contributed by atoms with Gasteiger partial charge in [0.25, 0.3) is 0 Å². The van der Waals surface area contributed by atoms with Crippen LogP contribution in [-0.2, 0) is 15.1 Å². The molecule has 0 bridgehead atoms. The number of carbonyl (C=O) groups is 2. The molecule has 1 aliphatic rings. The Labute approximate surface area is 116 Å². The minimum Gasteiger partial charge on any atom is -0.493 e. The molecule has 0 saturated carbocycles. The van der Waals surface area contributed by atoms with Crippen molar-refractivity contribution in [3.8, 4) is 5.75 Å². The molecule has 0 radical (unpaired) electrons. The largest absolute Gasteiger partial charge is 0.493 e. The first kappa shape index (κ1) is 13.9. The molecule has 6 heteroatoms. The van der Waals surface area contributed by atoms with Crippen LogP contribution in [0.4, 0.5) is 4.79 Å². The third kappa shape index (κ3) is 2.45. The maximum Gasteiger partial charge on any atom is 0.408 e. The number of carbonyl (C=O) groups excluding carboxylic acids is 1. The molecule has 0 aromatic heterocycles. The third-order valence-electron chi connectivity index (χ3n) is 3.09. The number of alkyl carbamates (subject to hydrolysis) is 1. The Bertz CT molecular complexity index is 542. The monoisotopic (exact) mass is 277 g/mol. The van der Waals surface area contributed by atoms with Gasteiger partial charge in [0.2, 0.25) is 0 Å². The molecule has 6 nitrogen and oxygen atoms in total. The smallest absolute Gasteiger partial charge is 0.408 e. The lowest BCUT2D eigenvalue weighted by Crippen LogP contribution is -2.54. The molecule has 106 valence electrons. The average Bonchev–Trinajstić information content (AvgIpc) is 2.45. The summed E-state index contributed by atoms with van der Waals surface area (Å²) in [6.45, 7) is 3.64. The molecule has 0 spiro atoms.